The molecule has 0 spiro atoms. The molecule has 1 aromatic heterocycles. The van der Waals surface area contributed by atoms with E-state index < -0.39 is 5.54 Å². The second-order valence-corrected chi connectivity index (χ2v) is 8.34. The zero-order valence-corrected chi connectivity index (χ0v) is 18.5. The maximum atomic E-state index is 4.82. The van der Waals surface area contributed by atoms with Gasteiger partial charge in [-0.25, -0.2) is 4.98 Å². The van der Waals surface area contributed by atoms with E-state index in [-0.39, 0.29) is 0 Å². The Labute approximate surface area is 186 Å². The number of imidazole rings is 1. The highest BCUT2D eigenvalue weighted by Crippen LogP contribution is 2.40. The van der Waals surface area contributed by atoms with Gasteiger partial charge in [0.2, 0.25) is 0 Å². The molecule has 0 N–H and O–H groups in total. The van der Waals surface area contributed by atoms with E-state index >= 15 is 0 Å². The minimum atomic E-state index is -0.474. The van der Waals surface area contributed by atoms with E-state index in [9.17, 15) is 0 Å². The first kappa shape index (κ1) is 21.1. The van der Waals surface area contributed by atoms with Gasteiger partial charge in [0.1, 0.15) is 5.54 Å². The normalized spacial score (nSPS) is 11.7. The molecule has 3 nitrogen and oxygen atoms in total. The Morgan fingerprint density at radius 1 is 0.710 bits per heavy atom. The molecule has 0 radical (unpaired) electrons. The van der Waals surface area contributed by atoms with Gasteiger partial charge in [-0.1, -0.05) is 91.0 Å². The fourth-order valence-corrected chi connectivity index (χ4v) is 4.40. The number of hydrogen-bond acceptors (Lipinski definition) is 2. The number of rotatable bonds is 9. The molecule has 0 saturated carbocycles. The first-order valence-corrected chi connectivity index (χ1v) is 11.1. The van der Waals surface area contributed by atoms with Crippen molar-refractivity contribution in [1.29, 1.82) is 0 Å². The van der Waals surface area contributed by atoms with Gasteiger partial charge in [-0.05, 0) is 56.6 Å². The van der Waals surface area contributed by atoms with Crippen LogP contribution in [-0.2, 0) is 12.0 Å². The van der Waals surface area contributed by atoms with Crippen LogP contribution in [0.5, 0.6) is 0 Å². The standard InChI is InChI=1S/C28H31N3/c1-30(2)21-13-12-20-27-22-31(23-29-27)28(24-14-6-3-7-15-24,25-16-8-4-9-17-25)26-18-10-5-11-19-26/h3-11,14-19,22-23H,12-13,20-21H2,1-2H3. The van der Waals surface area contributed by atoms with Crippen molar-refractivity contribution in [2.24, 2.45) is 0 Å². The van der Waals surface area contributed by atoms with Crippen molar-refractivity contribution >= 4 is 0 Å². The Hall–Kier alpha value is -3.17. The third-order valence-electron chi connectivity index (χ3n) is 5.89. The second kappa shape index (κ2) is 9.76. The van der Waals surface area contributed by atoms with Crippen LogP contribution in [0.4, 0.5) is 0 Å². The number of aryl methyl sites for hydroxylation is 1. The third kappa shape index (κ3) is 4.47. The minimum Gasteiger partial charge on any atom is -0.319 e. The smallest absolute Gasteiger partial charge is 0.121 e. The van der Waals surface area contributed by atoms with Crippen molar-refractivity contribution in [1.82, 2.24) is 14.5 Å². The molecule has 4 rings (SSSR count). The summed E-state index contributed by atoms with van der Waals surface area (Å²) in [6, 6.07) is 32.3. The molecule has 0 bridgehead atoms. The summed E-state index contributed by atoms with van der Waals surface area (Å²) >= 11 is 0. The van der Waals surface area contributed by atoms with Gasteiger partial charge in [-0.15, -0.1) is 0 Å². The van der Waals surface area contributed by atoms with Crippen LogP contribution in [0.15, 0.2) is 104 Å². The highest BCUT2D eigenvalue weighted by molar-refractivity contribution is 5.50. The summed E-state index contributed by atoms with van der Waals surface area (Å²) in [6.45, 7) is 1.11. The Morgan fingerprint density at radius 3 is 1.65 bits per heavy atom. The molecule has 31 heavy (non-hydrogen) atoms. The summed E-state index contributed by atoms with van der Waals surface area (Å²) in [6.07, 6.45) is 7.57. The van der Waals surface area contributed by atoms with Crippen LogP contribution in [-0.4, -0.2) is 35.1 Å². The fourth-order valence-electron chi connectivity index (χ4n) is 4.40. The van der Waals surface area contributed by atoms with Crippen molar-refractivity contribution in [3.63, 3.8) is 0 Å². The van der Waals surface area contributed by atoms with Gasteiger partial charge in [0, 0.05) is 6.20 Å². The van der Waals surface area contributed by atoms with Crippen molar-refractivity contribution in [3.05, 3.63) is 126 Å². The lowest BCUT2D eigenvalue weighted by atomic mass is 9.77. The third-order valence-corrected chi connectivity index (χ3v) is 5.89. The first-order valence-electron chi connectivity index (χ1n) is 11.1. The molecule has 4 aromatic rings. The number of hydrogen-bond donors (Lipinski definition) is 0. The molecule has 0 aliphatic rings. The van der Waals surface area contributed by atoms with Crippen molar-refractivity contribution in [3.8, 4) is 0 Å². The maximum Gasteiger partial charge on any atom is 0.121 e. The molecule has 158 valence electrons. The van der Waals surface area contributed by atoms with E-state index in [0.717, 1.165) is 25.1 Å². The topological polar surface area (TPSA) is 21.1 Å². The highest BCUT2D eigenvalue weighted by atomic mass is 15.1. The van der Waals surface area contributed by atoms with E-state index in [4.69, 9.17) is 4.98 Å². The number of aromatic nitrogens is 2. The van der Waals surface area contributed by atoms with Gasteiger partial charge in [0.05, 0.1) is 12.0 Å². The van der Waals surface area contributed by atoms with Gasteiger partial charge in [0.15, 0.2) is 0 Å². The highest BCUT2D eigenvalue weighted by Gasteiger charge is 2.38. The zero-order valence-electron chi connectivity index (χ0n) is 18.5. The molecule has 0 atom stereocenters. The van der Waals surface area contributed by atoms with Crippen LogP contribution < -0.4 is 0 Å². The molecular weight excluding hydrogens is 378 g/mol. The Morgan fingerprint density at radius 2 is 1.19 bits per heavy atom. The predicted molar refractivity (Wildman–Crippen MR) is 128 cm³/mol. The van der Waals surface area contributed by atoms with E-state index in [0.29, 0.717) is 0 Å². The lowest BCUT2D eigenvalue weighted by Gasteiger charge is -2.37. The average molecular weight is 410 g/mol. The second-order valence-electron chi connectivity index (χ2n) is 8.34. The fraction of sp³-hybridized carbons (Fsp3) is 0.250. The summed E-state index contributed by atoms with van der Waals surface area (Å²) < 4.78 is 2.30. The molecule has 0 aliphatic carbocycles. The predicted octanol–water partition coefficient (Wildman–Crippen LogP) is 5.61. The lowest BCUT2D eigenvalue weighted by Crippen LogP contribution is -2.36. The molecule has 3 aromatic carbocycles. The summed E-state index contributed by atoms with van der Waals surface area (Å²) in [7, 11) is 4.26. The number of benzene rings is 3. The summed E-state index contributed by atoms with van der Waals surface area (Å²) in [5.41, 5.74) is 4.35. The van der Waals surface area contributed by atoms with Crippen LogP contribution in [0, 0.1) is 0 Å². The molecule has 0 saturated heterocycles. The molecule has 3 heteroatoms. The van der Waals surface area contributed by atoms with Crippen molar-refractivity contribution < 1.29 is 0 Å². The minimum absolute atomic E-state index is 0.474. The van der Waals surface area contributed by atoms with Gasteiger partial charge >= 0.3 is 0 Å². The SMILES string of the molecule is CN(C)CCCCc1cn(C(c2ccccc2)(c2ccccc2)c2ccccc2)cn1. The van der Waals surface area contributed by atoms with E-state index in [2.05, 4.69) is 121 Å². The van der Waals surface area contributed by atoms with Crippen LogP contribution in [0.3, 0.4) is 0 Å². The van der Waals surface area contributed by atoms with Crippen LogP contribution in [0.2, 0.25) is 0 Å². The Kier molecular flexibility index (Phi) is 6.63. The van der Waals surface area contributed by atoms with Gasteiger partial charge in [-0.3, -0.25) is 0 Å². The van der Waals surface area contributed by atoms with Crippen molar-refractivity contribution in [2.75, 3.05) is 20.6 Å². The van der Waals surface area contributed by atoms with Gasteiger partial charge < -0.3 is 9.47 Å². The largest absolute Gasteiger partial charge is 0.319 e. The van der Waals surface area contributed by atoms with Gasteiger partial charge in [0.25, 0.3) is 0 Å². The van der Waals surface area contributed by atoms with Crippen molar-refractivity contribution in [2.45, 2.75) is 24.8 Å². The number of unbranched alkanes of at least 4 members (excludes halogenated alkanes) is 1. The zero-order chi connectivity index (χ0) is 21.5. The molecule has 0 aliphatic heterocycles. The van der Waals surface area contributed by atoms with Gasteiger partial charge in [-0.2, -0.15) is 0 Å². The van der Waals surface area contributed by atoms with Crippen LogP contribution in [0.1, 0.15) is 35.2 Å². The first-order chi connectivity index (χ1) is 15.2. The summed E-state index contributed by atoms with van der Waals surface area (Å²) in [5.74, 6) is 0. The molecule has 0 fully saturated rings. The van der Waals surface area contributed by atoms with Crippen LogP contribution >= 0.6 is 0 Å². The molecule has 0 amide bonds. The lowest BCUT2D eigenvalue weighted by molar-refractivity contribution is 0.394. The Bertz CT molecular complexity index is 956. The van der Waals surface area contributed by atoms with E-state index in [1.54, 1.807) is 0 Å². The summed E-state index contributed by atoms with van der Waals surface area (Å²) in [4.78, 5) is 7.06. The van der Waals surface area contributed by atoms with E-state index in [1.807, 2.05) is 6.33 Å². The average Bonchev–Trinajstić information content (AvgIpc) is 3.28. The molecular formula is C28H31N3. The monoisotopic (exact) mass is 409 g/mol. The maximum absolute atomic E-state index is 4.82. The number of nitrogens with zero attached hydrogens (tertiary/aromatic N) is 3. The summed E-state index contributed by atoms with van der Waals surface area (Å²) in [5, 5.41) is 0. The van der Waals surface area contributed by atoms with Crippen LogP contribution in [0.25, 0.3) is 0 Å². The van der Waals surface area contributed by atoms with E-state index in [1.165, 1.54) is 23.1 Å². The Balaban J connectivity index is 1.82. The molecule has 0 unspecified atom stereocenters. The molecule has 1 heterocycles. The quantitative estimate of drug-likeness (QED) is 0.265.